The molecular formula is C88H86N4. The lowest BCUT2D eigenvalue weighted by Gasteiger charge is -2.31. The standard InChI is InChI=1S/C88H86N4/c1-53(2)57-35-43-75(69(47-57)55-31-37-59(38-32-55)85(5,6)7)89(63-25-21-23-61(49-63)87(11,12)13)77-45-41-65-71-51-80-72(52-79(71)91-73-29-19-17-27-67(73)81(77)83(65)91)66-42-46-78(82-68-28-18-20-30-74(68)92(80)84(66)82)90(64-26-22-24-62(50-64)88(14,15)16)76-44-36-58(54(3)4)48-70(76)56-33-39-60(40-34-56)86(8,9)10/h17-54H,1-16H3. The molecule has 0 spiro atoms. The van der Waals surface area contributed by atoms with Crippen LogP contribution in [0.1, 0.15) is 156 Å². The average Bonchev–Trinajstić information content (AvgIpc) is 1.52. The highest BCUT2D eigenvalue weighted by molar-refractivity contribution is 6.32. The van der Waals surface area contributed by atoms with E-state index in [2.05, 4.69) is 348 Å². The Morgan fingerprint density at radius 1 is 0.283 bits per heavy atom. The van der Waals surface area contributed by atoms with Gasteiger partial charge in [-0.25, -0.2) is 0 Å². The lowest BCUT2D eigenvalue weighted by Crippen LogP contribution is -2.15. The van der Waals surface area contributed by atoms with Gasteiger partial charge < -0.3 is 18.6 Å². The van der Waals surface area contributed by atoms with E-state index in [1.54, 1.807) is 0 Å². The molecule has 11 aromatic carbocycles. The van der Waals surface area contributed by atoms with Crippen molar-refractivity contribution in [2.75, 3.05) is 9.80 Å². The molecule has 0 aliphatic rings. The van der Waals surface area contributed by atoms with Crippen LogP contribution in [0.2, 0.25) is 0 Å². The van der Waals surface area contributed by atoms with Crippen LogP contribution in [0.4, 0.5) is 34.1 Å². The first-order valence-corrected chi connectivity index (χ1v) is 33.5. The first-order valence-electron chi connectivity index (χ1n) is 33.5. The van der Waals surface area contributed by atoms with Crippen molar-refractivity contribution in [3.05, 3.63) is 252 Å². The molecule has 4 aromatic heterocycles. The zero-order valence-electron chi connectivity index (χ0n) is 56.7. The maximum absolute atomic E-state index is 2.59. The molecule has 458 valence electrons. The van der Waals surface area contributed by atoms with Crippen LogP contribution in [-0.4, -0.2) is 8.80 Å². The zero-order valence-corrected chi connectivity index (χ0v) is 56.7. The largest absolute Gasteiger partial charge is 0.309 e. The van der Waals surface area contributed by atoms with Gasteiger partial charge in [0.15, 0.2) is 0 Å². The molecule has 0 amide bonds. The Bertz CT molecular complexity index is 5030. The number of nitrogens with zero attached hydrogens (tertiary/aromatic N) is 4. The van der Waals surface area contributed by atoms with E-state index in [0.717, 1.165) is 34.1 Å². The lowest BCUT2D eigenvalue weighted by atomic mass is 9.85. The fraction of sp³-hybridized carbons (Fsp3) is 0.250. The Labute approximate surface area is 544 Å². The van der Waals surface area contributed by atoms with E-state index in [-0.39, 0.29) is 21.7 Å². The number of aromatic nitrogens is 2. The van der Waals surface area contributed by atoms with Crippen molar-refractivity contribution in [2.45, 2.75) is 144 Å². The summed E-state index contributed by atoms with van der Waals surface area (Å²) in [7, 11) is 0. The van der Waals surface area contributed by atoms with Gasteiger partial charge in [-0.2, -0.15) is 0 Å². The predicted molar refractivity (Wildman–Crippen MR) is 399 cm³/mol. The molecule has 0 fully saturated rings. The van der Waals surface area contributed by atoms with Crippen molar-refractivity contribution < 1.29 is 0 Å². The minimum atomic E-state index is -0.0638. The van der Waals surface area contributed by atoms with Crippen molar-refractivity contribution in [1.82, 2.24) is 8.80 Å². The molecule has 15 aromatic rings. The minimum absolute atomic E-state index is 0.0362. The van der Waals surface area contributed by atoms with Gasteiger partial charge in [-0.15, -0.1) is 0 Å². The zero-order chi connectivity index (χ0) is 64.2. The third-order valence-electron chi connectivity index (χ3n) is 20.2. The summed E-state index contributed by atoms with van der Waals surface area (Å²) in [6.45, 7) is 37.0. The molecular weight excluding hydrogens is 1110 g/mol. The molecule has 0 saturated heterocycles. The van der Waals surface area contributed by atoms with Crippen molar-refractivity contribution in [3.8, 4) is 22.3 Å². The number of para-hydroxylation sites is 2. The quantitative estimate of drug-likeness (QED) is 0.136. The van der Waals surface area contributed by atoms with E-state index < -0.39 is 0 Å². The second-order valence-corrected chi connectivity index (χ2v) is 31.1. The second kappa shape index (κ2) is 21.1. The van der Waals surface area contributed by atoms with Crippen LogP contribution in [0, 0.1) is 0 Å². The third-order valence-corrected chi connectivity index (χ3v) is 20.2. The maximum Gasteiger partial charge on any atom is 0.0641 e. The Balaban J connectivity index is 0.996. The van der Waals surface area contributed by atoms with Gasteiger partial charge >= 0.3 is 0 Å². The van der Waals surface area contributed by atoms with Crippen molar-refractivity contribution in [2.24, 2.45) is 0 Å². The topological polar surface area (TPSA) is 15.3 Å². The van der Waals surface area contributed by atoms with Gasteiger partial charge in [0.2, 0.25) is 0 Å². The highest BCUT2D eigenvalue weighted by Crippen LogP contribution is 2.54. The van der Waals surface area contributed by atoms with Crippen LogP contribution in [0.25, 0.3) is 98.4 Å². The molecule has 15 rings (SSSR count). The van der Waals surface area contributed by atoms with Crippen molar-refractivity contribution >= 4 is 110 Å². The first-order chi connectivity index (χ1) is 43.8. The molecule has 0 atom stereocenters. The average molecular weight is 1200 g/mol. The Hall–Kier alpha value is -9.38. The maximum atomic E-state index is 2.59. The smallest absolute Gasteiger partial charge is 0.0641 e. The number of anilines is 6. The van der Waals surface area contributed by atoms with Crippen LogP contribution in [0.3, 0.4) is 0 Å². The van der Waals surface area contributed by atoms with E-state index >= 15 is 0 Å². The first kappa shape index (κ1) is 59.0. The highest BCUT2D eigenvalue weighted by Gasteiger charge is 2.31. The number of benzene rings is 11. The van der Waals surface area contributed by atoms with Crippen LogP contribution >= 0.6 is 0 Å². The van der Waals surface area contributed by atoms with Crippen LogP contribution in [0.15, 0.2) is 218 Å². The summed E-state index contributed by atoms with van der Waals surface area (Å²) in [6.07, 6.45) is 0. The van der Waals surface area contributed by atoms with Gasteiger partial charge in [-0.05, 0) is 163 Å². The van der Waals surface area contributed by atoms with E-state index in [9.17, 15) is 0 Å². The van der Waals surface area contributed by atoms with Gasteiger partial charge in [0.25, 0.3) is 0 Å². The lowest BCUT2D eigenvalue weighted by molar-refractivity contribution is 0.590. The normalized spacial score (nSPS) is 13.0. The SMILES string of the molecule is CC(C)c1ccc(N(c2cccc(C(C)(C)C)c2)c2ccc3c4cc5c(cc4n4c6ccccc6c2c34)c2ccc(N(c3cccc(C(C)(C)C)c3)c3ccc(C(C)C)cc3-c3ccc(C(C)(C)C)cc3)c3c4ccccc4n5c23)c(-c2ccc(C(C)(C)C)cc2)c1. The summed E-state index contributed by atoms with van der Waals surface area (Å²) in [4.78, 5) is 5.16. The summed E-state index contributed by atoms with van der Waals surface area (Å²) >= 11 is 0. The molecule has 4 heterocycles. The second-order valence-electron chi connectivity index (χ2n) is 31.1. The van der Waals surface area contributed by atoms with Gasteiger partial charge in [0.1, 0.15) is 0 Å². The van der Waals surface area contributed by atoms with Gasteiger partial charge in [0.05, 0.1) is 55.8 Å². The molecule has 4 heteroatoms. The molecule has 4 nitrogen and oxygen atoms in total. The summed E-state index contributed by atoms with van der Waals surface area (Å²) in [5.74, 6) is 0.715. The summed E-state index contributed by atoms with van der Waals surface area (Å²) < 4.78 is 5.18. The molecule has 92 heavy (non-hydrogen) atoms. The molecule has 0 aliphatic carbocycles. The minimum Gasteiger partial charge on any atom is -0.309 e. The molecule has 0 unspecified atom stereocenters. The fourth-order valence-electron chi connectivity index (χ4n) is 14.9. The van der Waals surface area contributed by atoms with E-state index in [0.29, 0.717) is 11.8 Å². The van der Waals surface area contributed by atoms with Gasteiger partial charge in [0, 0.05) is 65.6 Å². The molecule has 0 aliphatic heterocycles. The Morgan fingerprint density at radius 2 is 0.641 bits per heavy atom. The summed E-state index contributed by atoms with van der Waals surface area (Å²) in [5.41, 5.74) is 26.9. The number of hydrogen-bond acceptors (Lipinski definition) is 2. The molecule has 0 N–H and O–H groups in total. The summed E-state index contributed by atoms with van der Waals surface area (Å²) in [6, 6.07) is 84.7. The van der Waals surface area contributed by atoms with E-state index in [4.69, 9.17) is 0 Å². The number of rotatable bonds is 10. The Morgan fingerprint density at radius 3 is 1.00 bits per heavy atom. The molecule has 0 saturated carbocycles. The van der Waals surface area contributed by atoms with Crippen LogP contribution < -0.4 is 9.80 Å². The van der Waals surface area contributed by atoms with Crippen molar-refractivity contribution in [1.29, 1.82) is 0 Å². The monoisotopic (exact) mass is 1200 g/mol. The van der Waals surface area contributed by atoms with Gasteiger partial charge in [-0.1, -0.05) is 244 Å². The Kier molecular flexibility index (Phi) is 13.5. The number of fused-ring (bicyclic) bond motifs is 12. The molecule has 0 radical (unpaired) electrons. The van der Waals surface area contributed by atoms with Crippen LogP contribution in [-0.2, 0) is 21.7 Å². The van der Waals surface area contributed by atoms with E-state index in [1.807, 2.05) is 0 Å². The van der Waals surface area contributed by atoms with E-state index in [1.165, 1.54) is 132 Å². The molecule has 0 bridgehead atoms. The number of hydrogen-bond donors (Lipinski definition) is 0. The highest BCUT2D eigenvalue weighted by atomic mass is 15.2. The van der Waals surface area contributed by atoms with Crippen molar-refractivity contribution in [3.63, 3.8) is 0 Å². The van der Waals surface area contributed by atoms with Gasteiger partial charge in [-0.3, -0.25) is 0 Å². The fourth-order valence-corrected chi connectivity index (χ4v) is 14.9. The third kappa shape index (κ3) is 9.44. The predicted octanol–water partition coefficient (Wildman–Crippen LogP) is 25.7. The van der Waals surface area contributed by atoms with Crippen LogP contribution in [0.5, 0.6) is 0 Å². The summed E-state index contributed by atoms with van der Waals surface area (Å²) in [5, 5.41) is 9.96.